The van der Waals surface area contributed by atoms with Crippen molar-refractivity contribution in [3.63, 3.8) is 0 Å². The summed E-state index contributed by atoms with van der Waals surface area (Å²) >= 11 is 0. The van der Waals surface area contributed by atoms with Gasteiger partial charge < -0.3 is 19.7 Å². The lowest BCUT2D eigenvalue weighted by molar-refractivity contribution is 0.205. The summed E-state index contributed by atoms with van der Waals surface area (Å²) in [6, 6.07) is 8.17. The van der Waals surface area contributed by atoms with Crippen molar-refractivity contribution in [3.8, 4) is 0 Å². The van der Waals surface area contributed by atoms with Gasteiger partial charge in [0, 0.05) is 44.7 Å². The highest BCUT2D eigenvalue weighted by atomic mass is 16.2. The van der Waals surface area contributed by atoms with Gasteiger partial charge in [-0.15, -0.1) is 0 Å². The zero-order chi connectivity index (χ0) is 20.4. The molecular weight excluding hydrogens is 362 g/mol. The van der Waals surface area contributed by atoms with Crippen LogP contribution in [0.4, 0.5) is 16.2 Å². The smallest absolute Gasteiger partial charge is 0.322 e. The topological polar surface area (TPSA) is 53.4 Å². The van der Waals surface area contributed by atoms with Gasteiger partial charge in [-0.1, -0.05) is 38.8 Å². The number of amides is 2. The molecule has 6 nitrogen and oxygen atoms in total. The highest BCUT2D eigenvalue weighted by molar-refractivity contribution is 5.93. The quantitative estimate of drug-likeness (QED) is 0.832. The summed E-state index contributed by atoms with van der Waals surface area (Å²) in [6.07, 6.45) is 5.88. The van der Waals surface area contributed by atoms with Crippen LogP contribution in [0, 0.1) is 0 Å². The summed E-state index contributed by atoms with van der Waals surface area (Å²) in [6.45, 7) is 7.75. The molecule has 2 amide bonds. The predicted octanol–water partition coefficient (Wildman–Crippen LogP) is 4.51. The Kier molecular flexibility index (Phi) is 5.79. The Hall–Kier alpha value is -2.50. The van der Waals surface area contributed by atoms with Gasteiger partial charge in [-0.2, -0.15) is 0 Å². The van der Waals surface area contributed by atoms with Crippen molar-refractivity contribution in [2.45, 2.75) is 58.4 Å². The number of para-hydroxylation sites is 2. The monoisotopic (exact) mass is 395 g/mol. The van der Waals surface area contributed by atoms with Crippen LogP contribution in [0.25, 0.3) is 0 Å². The number of urea groups is 1. The Bertz CT molecular complexity index is 864. The van der Waals surface area contributed by atoms with Crippen molar-refractivity contribution >= 4 is 17.4 Å². The fourth-order valence-corrected chi connectivity index (χ4v) is 4.60. The Morgan fingerprint density at radius 1 is 1.07 bits per heavy atom. The number of imidazole rings is 1. The van der Waals surface area contributed by atoms with Crippen LogP contribution < -0.4 is 10.2 Å². The fraction of sp³-hybridized carbons (Fsp3) is 0.565. The van der Waals surface area contributed by atoms with Crippen molar-refractivity contribution in [2.24, 2.45) is 7.05 Å². The third-order valence-electron chi connectivity index (χ3n) is 6.19. The maximum absolute atomic E-state index is 13.1. The Balaban J connectivity index is 1.49. The van der Waals surface area contributed by atoms with Gasteiger partial charge in [0.1, 0.15) is 5.82 Å². The van der Waals surface area contributed by atoms with E-state index >= 15 is 0 Å². The molecule has 2 aliphatic heterocycles. The van der Waals surface area contributed by atoms with Crippen molar-refractivity contribution < 1.29 is 4.79 Å². The molecule has 1 fully saturated rings. The third kappa shape index (κ3) is 4.11. The minimum atomic E-state index is -0.0327. The maximum Gasteiger partial charge on any atom is 0.322 e. The molecule has 1 aromatic heterocycles. The van der Waals surface area contributed by atoms with E-state index in [-0.39, 0.29) is 6.03 Å². The van der Waals surface area contributed by atoms with Gasteiger partial charge in [0.2, 0.25) is 0 Å². The molecule has 2 aliphatic rings. The molecule has 6 heteroatoms. The van der Waals surface area contributed by atoms with Crippen LogP contribution >= 0.6 is 0 Å². The lowest BCUT2D eigenvalue weighted by atomic mass is 10.1. The van der Waals surface area contributed by atoms with E-state index in [1.54, 1.807) is 0 Å². The first kappa shape index (κ1) is 19.8. The summed E-state index contributed by atoms with van der Waals surface area (Å²) in [5.74, 6) is 1.48. The standard InChI is InChI=1S/C23H33N5O/c1-17(2)22-24-19-16-28(15-12-20(19)26(22)3)23(29)25-18-10-6-7-11-21(18)27-13-8-4-5-9-14-27/h6-7,10-11,17H,4-5,8-9,12-16H2,1-3H3,(H,25,29). The maximum atomic E-state index is 13.1. The van der Waals surface area contributed by atoms with Gasteiger partial charge in [-0.25, -0.2) is 9.78 Å². The number of nitrogens with one attached hydrogen (secondary N) is 1. The number of hydrogen-bond acceptors (Lipinski definition) is 3. The van der Waals surface area contributed by atoms with Gasteiger partial charge in [-0.05, 0) is 25.0 Å². The number of fused-ring (bicyclic) bond motifs is 1. The summed E-state index contributed by atoms with van der Waals surface area (Å²) in [7, 11) is 2.09. The molecule has 3 heterocycles. The van der Waals surface area contributed by atoms with Crippen LogP contribution in [0.3, 0.4) is 0 Å². The lowest BCUT2D eigenvalue weighted by Gasteiger charge is -2.29. The zero-order valence-electron chi connectivity index (χ0n) is 17.9. The van der Waals surface area contributed by atoms with Crippen LogP contribution in [-0.4, -0.2) is 40.1 Å². The van der Waals surface area contributed by atoms with E-state index in [0.29, 0.717) is 12.5 Å². The van der Waals surface area contributed by atoms with E-state index in [2.05, 4.69) is 47.8 Å². The summed E-state index contributed by atoms with van der Waals surface area (Å²) < 4.78 is 2.21. The fourth-order valence-electron chi connectivity index (χ4n) is 4.60. The molecule has 0 atom stereocenters. The SMILES string of the molecule is CC(C)c1nc2c(n1C)CCN(C(=O)Nc1ccccc1N1CCCCCC1)C2. The van der Waals surface area contributed by atoms with Crippen LogP contribution in [-0.2, 0) is 20.0 Å². The number of carbonyl (C=O) groups excluding carboxylic acids is 1. The Labute approximate surface area is 173 Å². The van der Waals surface area contributed by atoms with Crippen LogP contribution in [0.15, 0.2) is 24.3 Å². The van der Waals surface area contributed by atoms with E-state index in [1.165, 1.54) is 31.4 Å². The number of hydrogen-bond donors (Lipinski definition) is 1. The summed E-state index contributed by atoms with van der Waals surface area (Å²) in [4.78, 5) is 22.2. The van der Waals surface area contributed by atoms with E-state index in [9.17, 15) is 4.79 Å². The Morgan fingerprint density at radius 2 is 1.79 bits per heavy atom. The van der Waals surface area contributed by atoms with Crippen molar-refractivity contribution in [1.29, 1.82) is 0 Å². The molecule has 0 unspecified atom stereocenters. The molecule has 0 bridgehead atoms. The van der Waals surface area contributed by atoms with Gasteiger partial charge in [0.05, 0.1) is 23.6 Å². The highest BCUT2D eigenvalue weighted by Crippen LogP contribution is 2.29. The first-order valence-corrected chi connectivity index (χ1v) is 11.0. The minimum Gasteiger partial charge on any atom is -0.370 e. The largest absolute Gasteiger partial charge is 0.370 e. The van der Waals surface area contributed by atoms with Gasteiger partial charge >= 0.3 is 6.03 Å². The molecular formula is C23H33N5O. The van der Waals surface area contributed by atoms with Crippen LogP contribution in [0.2, 0.25) is 0 Å². The zero-order valence-corrected chi connectivity index (χ0v) is 17.9. The highest BCUT2D eigenvalue weighted by Gasteiger charge is 2.27. The molecule has 2 aromatic rings. The molecule has 1 aromatic carbocycles. The van der Waals surface area contributed by atoms with Gasteiger partial charge in [-0.3, -0.25) is 0 Å². The number of anilines is 2. The van der Waals surface area contributed by atoms with E-state index < -0.39 is 0 Å². The molecule has 0 aliphatic carbocycles. The molecule has 0 spiro atoms. The average molecular weight is 396 g/mol. The normalized spacial score (nSPS) is 17.2. The third-order valence-corrected chi connectivity index (χ3v) is 6.19. The van der Waals surface area contributed by atoms with E-state index in [4.69, 9.17) is 4.98 Å². The molecule has 0 saturated carbocycles. The predicted molar refractivity (Wildman–Crippen MR) is 118 cm³/mol. The second-order valence-electron chi connectivity index (χ2n) is 8.60. The number of carbonyl (C=O) groups is 1. The van der Waals surface area contributed by atoms with E-state index in [0.717, 1.165) is 48.9 Å². The minimum absolute atomic E-state index is 0.0327. The number of rotatable bonds is 3. The lowest BCUT2D eigenvalue weighted by Crippen LogP contribution is -2.39. The van der Waals surface area contributed by atoms with Crippen LogP contribution in [0.5, 0.6) is 0 Å². The molecule has 1 N–H and O–H groups in total. The average Bonchev–Trinajstić information content (AvgIpc) is 2.88. The molecule has 29 heavy (non-hydrogen) atoms. The summed E-state index contributed by atoms with van der Waals surface area (Å²) in [5, 5.41) is 3.18. The molecule has 1 saturated heterocycles. The molecule has 0 radical (unpaired) electrons. The number of benzene rings is 1. The van der Waals surface area contributed by atoms with E-state index in [1.807, 2.05) is 17.0 Å². The molecule has 156 valence electrons. The van der Waals surface area contributed by atoms with Gasteiger partial charge in [0.15, 0.2) is 0 Å². The second-order valence-corrected chi connectivity index (χ2v) is 8.60. The van der Waals surface area contributed by atoms with Crippen LogP contribution in [0.1, 0.15) is 62.7 Å². The summed E-state index contributed by atoms with van der Waals surface area (Å²) in [5.41, 5.74) is 4.36. The first-order chi connectivity index (χ1) is 14.0. The van der Waals surface area contributed by atoms with Crippen molar-refractivity contribution in [2.75, 3.05) is 29.9 Å². The second kappa shape index (κ2) is 8.47. The molecule has 4 rings (SSSR count). The number of aromatic nitrogens is 2. The van der Waals surface area contributed by atoms with Gasteiger partial charge in [0.25, 0.3) is 0 Å². The van der Waals surface area contributed by atoms with Crippen molar-refractivity contribution in [1.82, 2.24) is 14.5 Å². The Morgan fingerprint density at radius 3 is 2.52 bits per heavy atom. The number of nitrogens with zero attached hydrogens (tertiary/aromatic N) is 4. The van der Waals surface area contributed by atoms with Crippen molar-refractivity contribution in [3.05, 3.63) is 41.5 Å². The first-order valence-electron chi connectivity index (χ1n) is 11.0.